The van der Waals surface area contributed by atoms with E-state index in [9.17, 15) is 4.79 Å². The highest BCUT2D eigenvalue weighted by Gasteiger charge is 2.18. The van der Waals surface area contributed by atoms with Gasteiger partial charge < -0.3 is 10.0 Å². The normalized spacial score (nSPS) is 10.7. The van der Waals surface area contributed by atoms with Crippen molar-refractivity contribution in [3.63, 3.8) is 0 Å². The van der Waals surface area contributed by atoms with Gasteiger partial charge in [-0.3, -0.25) is 4.79 Å². The Morgan fingerprint density at radius 3 is 2.67 bits per heavy atom. The number of rotatable bonds is 4. The van der Waals surface area contributed by atoms with Gasteiger partial charge in [-0.05, 0) is 23.1 Å². The third-order valence-corrected chi connectivity index (χ3v) is 2.92. The Labute approximate surface area is 128 Å². The zero-order valence-electron chi connectivity index (χ0n) is 13.4. The summed E-state index contributed by atoms with van der Waals surface area (Å²) in [6.07, 6.45) is 1.02. The van der Waals surface area contributed by atoms with Crippen LogP contribution in [0.25, 0.3) is 0 Å². The Bertz CT molecular complexity index is 532. The fourth-order valence-electron chi connectivity index (χ4n) is 1.92. The monoisotopic (exact) mass is 287 g/mol. The first-order valence-corrected chi connectivity index (χ1v) is 7.24. The second-order valence-corrected chi connectivity index (χ2v) is 6.46. The van der Waals surface area contributed by atoms with Gasteiger partial charge in [0.15, 0.2) is 0 Å². The Morgan fingerprint density at radius 2 is 2.05 bits per heavy atom. The number of nitrogens with zero attached hydrogens (tertiary/aromatic N) is 1. The zero-order valence-corrected chi connectivity index (χ0v) is 13.4. The number of hydrogen-bond donors (Lipinski definition) is 1. The van der Waals surface area contributed by atoms with E-state index in [2.05, 4.69) is 32.6 Å². The molecule has 0 saturated carbocycles. The molecule has 0 aliphatic carbocycles. The highest BCUT2D eigenvalue weighted by molar-refractivity contribution is 5.76. The average Bonchev–Trinajstić information content (AvgIpc) is 2.37. The van der Waals surface area contributed by atoms with Gasteiger partial charge in [0.05, 0.1) is 6.61 Å². The summed E-state index contributed by atoms with van der Waals surface area (Å²) >= 11 is 0. The molecule has 0 aromatic heterocycles. The summed E-state index contributed by atoms with van der Waals surface area (Å²) < 4.78 is 0. The second kappa shape index (κ2) is 7.85. The summed E-state index contributed by atoms with van der Waals surface area (Å²) in [6.45, 7) is 6.86. The van der Waals surface area contributed by atoms with E-state index in [-0.39, 0.29) is 17.9 Å². The minimum Gasteiger partial charge on any atom is -0.395 e. The van der Waals surface area contributed by atoms with Gasteiger partial charge in [-0.1, -0.05) is 44.7 Å². The molecule has 1 amide bonds. The Balaban J connectivity index is 2.69. The molecular formula is C18H25NO2. The van der Waals surface area contributed by atoms with E-state index in [0.29, 0.717) is 19.4 Å². The van der Waals surface area contributed by atoms with Crippen molar-refractivity contribution in [2.45, 2.75) is 40.2 Å². The highest BCUT2D eigenvalue weighted by atomic mass is 16.2. The van der Waals surface area contributed by atoms with Crippen molar-refractivity contribution in [3.05, 3.63) is 35.4 Å². The van der Waals surface area contributed by atoms with Gasteiger partial charge in [0.25, 0.3) is 0 Å². The minimum atomic E-state index is 0.00294. The summed E-state index contributed by atoms with van der Waals surface area (Å²) in [7, 11) is 1.83. The van der Waals surface area contributed by atoms with E-state index in [1.54, 1.807) is 4.90 Å². The lowest BCUT2D eigenvalue weighted by atomic mass is 9.91. The third-order valence-electron chi connectivity index (χ3n) is 2.92. The molecule has 0 radical (unpaired) electrons. The maximum atomic E-state index is 12.1. The zero-order chi connectivity index (χ0) is 15.9. The number of aliphatic hydroxyl groups is 1. The molecule has 0 fully saturated rings. The maximum absolute atomic E-state index is 12.1. The number of amides is 1. The third kappa shape index (κ3) is 6.97. The molecule has 1 aromatic rings. The lowest BCUT2D eigenvalue weighted by Gasteiger charge is -2.23. The smallest absolute Gasteiger partial charge is 0.223 e. The predicted molar refractivity (Wildman–Crippen MR) is 85.6 cm³/mol. The molecule has 1 aromatic carbocycles. The minimum absolute atomic E-state index is 0.00294. The van der Waals surface area contributed by atoms with Gasteiger partial charge in [0.1, 0.15) is 0 Å². The van der Waals surface area contributed by atoms with Crippen LogP contribution in [0.2, 0.25) is 0 Å². The van der Waals surface area contributed by atoms with E-state index in [1.807, 2.05) is 31.3 Å². The highest BCUT2D eigenvalue weighted by Crippen LogP contribution is 2.20. The van der Waals surface area contributed by atoms with Crippen molar-refractivity contribution in [2.24, 2.45) is 5.41 Å². The molecule has 114 valence electrons. The van der Waals surface area contributed by atoms with Crippen LogP contribution in [0.3, 0.4) is 0 Å². The molecule has 0 bridgehead atoms. The summed E-state index contributed by atoms with van der Waals surface area (Å²) in [6, 6.07) is 7.87. The molecule has 3 nitrogen and oxygen atoms in total. The molecule has 0 unspecified atom stereocenters. The first-order chi connectivity index (χ1) is 9.81. The van der Waals surface area contributed by atoms with Gasteiger partial charge >= 0.3 is 0 Å². The van der Waals surface area contributed by atoms with Crippen LogP contribution in [0.1, 0.15) is 44.7 Å². The number of hydrogen-bond acceptors (Lipinski definition) is 2. The SMILES string of the molecule is CN(Cc1cccc(C#CCCO)c1)C(=O)CC(C)(C)C. The first-order valence-electron chi connectivity index (χ1n) is 7.24. The van der Waals surface area contributed by atoms with Crippen molar-refractivity contribution in [2.75, 3.05) is 13.7 Å². The summed E-state index contributed by atoms with van der Waals surface area (Å²) in [5, 5.41) is 8.73. The van der Waals surface area contributed by atoms with Gasteiger partial charge in [-0.25, -0.2) is 0 Å². The number of aliphatic hydroxyl groups excluding tert-OH is 1. The lowest BCUT2D eigenvalue weighted by Crippen LogP contribution is -2.29. The number of carbonyl (C=O) groups excluding carboxylic acids is 1. The Kier molecular flexibility index (Phi) is 6.45. The second-order valence-electron chi connectivity index (χ2n) is 6.46. The van der Waals surface area contributed by atoms with Crippen LogP contribution >= 0.6 is 0 Å². The molecule has 1 rings (SSSR count). The first kappa shape index (κ1) is 17.3. The van der Waals surface area contributed by atoms with Crippen molar-refractivity contribution in [1.29, 1.82) is 0 Å². The van der Waals surface area contributed by atoms with Crippen molar-refractivity contribution in [1.82, 2.24) is 4.90 Å². The van der Waals surface area contributed by atoms with Crippen LogP contribution in [0.5, 0.6) is 0 Å². The van der Waals surface area contributed by atoms with E-state index < -0.39 is 0 Å². The molecule has 0 heterocycles. The van der Waals surface area contributed by atoms with E-state index >= 15 is 0 Å². The van der Waals surface area contributed by atoms with Crippen molar-refractivity contribution < 1.29 is 9.90 Å². The Hall–Kier alpha value is -1.79. The molecule has 0 spiro atoms. The van der Waals surface area contributed by atoms with E-state index in [4.69, 9.17) is 5.11 Å². The molecule has 21 heavy (non-hydrogen) atoms. The summed E-state index contributed by atoms with van der Waals surface area (Å²) in [5.41, 5.74) is 1.98. The quantitative estimate of drug-likeness (QED) is 0.865. The van der Waals surface area contributed by atoms with Crippen molar-refractivity contribution in [3.8, 4) is 11.8 Å². The molecule has 0 saturated heterocycles. The maximum Gasteiger partial charge on any atom is 0.223 e. The van der Waals surface area contributed by atoms with Crippen LogP contribution in [0.4, 0.5) is 0 Å². The molecule has 0 aliphatic rings. The Morgan fingerprint density at radius 1 is 1.33 bits per heavy atom. The molecule has 3 heteroatoms. The fraction of sp³-hybridized carbons (Fsp3) is 0.500. The topological polar surface area (TPSA) is 40.5 Å². The summed E-state index contributed by atoms with van der Waals surface area (Å²) in [4.78, 5) is 13.9. The summed E-state index contributed by atoms with van der Waals surface area (Å²) in [5.74, 6) is 6.07. The van der Waals surface area contributed by atoms with Crippen molar-refractivity contribution >= 4 is 5.91 Å². The number of carbonyl (C=O) groups is 1. The number of benzene rings is 1. The lowest BCUT2D eigenvalue weighted by molar-refractivity contribution is -0.132. The standard InChI is InChI=1S/C18H25NO2/c1-18(2,3)13-17(21)19(4)14-16-10-7-9-15(12-16)8-5-6-11-20/h7,9-10,12,20H,6,11,13-14H2,1-4H3. The molecule has 1 N–H and O–H groups in total. The van der Waals surface area contributed by atoms with Crippen LogP contribution in [-0.2, 0) is 11.3 Å². The predicted octanol–water partition coefficient (Wildman–Crippen LogP) is 2.82. The molecule has 0 atom stereocenters. The van der Waals surface area contributed by atoms with Crippen LogP contribution in [-0.4, -0.2) is 29.6 Å². The van der Waals surface area contributed by atoms with Gasteiger partial charge in [0, 0.05) is 32.0 Å². The van der Waals surface area contributed by atoms with Crippen LogP contribution < -0.4 is 0 Å². The fourth-order valence-corrected chi connectivity index (χ4v) is 1.92. The molecular weight excluding hydrogens is 262 g/mol. The van der Waals surface area contributed by atoms with Gasteiger partial charge in [-0.2, -0.15) is 0 Å². The molecule has 0 aliphatic heterocycles. The largest absolute Gasteiger partial charge is 0.395 e. The van der Waals surface area contributed by atoms with Crippen LogP contribution in [0.15, 0.2) is 24.3 Å². The van der Waals surface area contributed by atoms with Gasteiger partial charge in [-0.15, -0.1) is 0 Å². The van der Waals surface area contributed by atoms with Gasteiger partial charge in [0.2, 0.25) is 5.91 Å². The van der Waals surface area contributed by atoms with E-state index in [0.717, 1.165) is 11.1 Å². The van der Waals surface area contributed by atoms with Crippen LogP contribution in [0, 0.1) is 17.3 Å². The average molecular weight is 287 g/mol. The van der Waals surface area contributed by atoms with E-state index in [1.165, 1.54) is 0 Å².